The predicted molar refractivity (Wildman–Crippen MR) is 107 cm³/mol. The summed E-state index contributed by atoms with van der Waals surface area (Å²) >= 11 is 0. The second-order valence-electron chi connectivity index (χ2n) is 8.36. The van der Waals surface area contributed by atoms with Crippen LogP contribution in [0.25, 0.3) is 0 Å². The van der Waals surface area contributed by atoms with Gasteiger partial charge in [0.25, 0.3) is 5.91 Å². The van der Waals surface area contributed by atoms with E-state index in [0.29, 0.717) is 31.0 Å². The van der Waals surface area contributed by atoms with Crippen LogP contribution in [0.2, 0.25) is 0 Å². The first-order valence-electron chi connectivity index (χ1n) is 10.5. The summed E-state index contributed by atoms with van der Waals surface area (Å²) in [7, 11) is 0. The van der Waals surface area contributed by atoms with Crippen LogP contribution < -0.4 is 4.90 Å². The van der Waals surface area contributed by atoms with Crippen LogP contribution in [0, 0.1) is 5.92 Å². The van der Waals surface area contributed by atoms with Gasteiger partial charge in [0.05, 0.1) is 0 Å². The molecular weight excluding hydrogens is 354 g/mol. The maximum Gasteiger partial charge on any atom is 0.254 e. The molecule has 0 unspecified atom stereocenters. The Kier molecular flexibility index (Phi) is 5.38. The maximum absolute atomic E-state index is 13.2. The van der Waals surface area contributed by atoms with Crippen LogP contribution >= 0.6 is 0 Å². The van der Waals surface area contributed by atoms with Gasteiger partial charge < -0.3 is 14.7 Å². The van der Waals surface area contributed by atoms with Gasteiger partial charge in [0.1, 0.15) is 6.04 Å². The smallest absolute Gasteiger partial charge is 0.254 e. The molecule has 3 fully saturated rings. The van der Waals surface area contributed by atoms with E-state index in [9.17, 15) is 14.4 Å². The van der Waals surface area contributed by atoms with Crippen molar-refractivity contribution < 1.29 is 14.4 Å². The van der Waals surface area contributed by atoms with Crippen LogP contribution in [0.15, 0.2) is 24.3 Å². The summed E-state index contributed by atoms with van der Waals surface area (Å²) < 4.78 is 0. The van der Waals surface area contributed by atoms with Crippen molar-refractivity contribution in [3.63, 3.8) is 0 Å². The number of hydrogen-bond acceptors (Lipinski definition) is 3. The molecule has 0 spiro atoms. The molecule has 6 nitrogen and oxygen atoms in total. The van der Waals surface area contributed by atoms with E-state index >= 15 is 0 Å². The zero-order valence-corrected chi connectivity index (χ0v) is 16.6. The molecule has 28 heavy (non-hydrogen) atoms. The van der Waals surface area contributed by atoms with Gasteiger partial charge >= 0.3 is 0 Å². The SMILES string of the molecule is CC1CCN(C(=O)[C@@H]2CCCN2C(=O)c2cccc(N3CCCC3=O)c2)CC1. The first-order valence-corrected chi connectivity index (χ1v) is 10.5. The van der Waals surface area contributed by atoms with E-state index in [-0.39, 0.29) is 23.8 Å². The molecule has 0 saturated carbocycles. The van der Waals surface area contributed by atoms with Gasteiger partial charge in [0.15, 0.2) is 0 Å². The molecule has 3 aliphatic heterocycles. The first-order chi connectivity index (χ1) is 13.5. The Labute approximate surface area is 166 Å². The fraction of sp³-hybridized carbons (Fsp3) is 0.591. The van der Waals surface area contributed by atoms with Crippen LogP contribution in [0.4, 0.5) is 5.69 Å². The summed E-state index contributed by atoms with van der Waals surface area (Å²) in [5.41, 5.74) is 1.34. The second kappa shape index (κ2) is 7.94. The number of carbonyl (C=O) groups is 3. The van der Waals surface area contributed by atoms with Gasteiger partial charge in [-0.2, -0.15) is 0 Å². The molecule has 3 aliphatic rings. The summed E-state index contributed by atoms with van der Waals surface area (Å²) in [6.45, 7) is 5.14. The van der Waals surface area contributed by atoms with Crippen LogP contribution in [0.5, 0.6) is 0 Å². The minimum Gasteiger partial charge on any atom is -0.341 e. The van der Waals surface area contributed by atoms with Gasteiger partial charge in [0.2, 0.25) is 11.8 Å². The number of carbonyl (C=O) groups excluding carboxylic acids is 3. The monoisotopic (exact) mass is 383 g/mol. The summed E-state index contributed by atoms with van der Waals surface area (Å²) in [4.78, 5) is 43.7. The fourth-order valence-corrected chi connectivity index (χ4v) is 4.60. The molecule has 1 aromatic carbocycles. The third kappa shape index (κ3) is 3.64. The Morgan fingerprint density at radius 1 is 1.00 bits per heavy atom. The van der Waals surface area contributed by atoms with Gasteiger partial charge in [-0.15, -0.1) is 0 Å². The van der Waals surface area contributed by atoms with E-state index in [0.717, 1.165) is 50.9 Å². The van der Waals surface area contributed by atoms with Gasteiger partial charge in [-0.1, -0.05) is 13.0 Å². The Hall–Kier alpha value is -2.37. The zero-order valence-electron chi connectivity index (χ0n) is 16.6. The molecule has 3 saturated heterocycles. The quantitative estimate of drug-likeness (QED) is 0.806. The number of rotatable bonds is 3. The van der Waals surface area contributed by atoms with Crippen molar-refractivity contribution in [2.75, 3.05) is 31.1 Å². The molecule has 0 bridgehead atoms. The normalized spacial score (nSPS) is 23.5. The first kappa shape index (κ1) is 19.0. The second-order valence-corrected chi connectivity index (χ2v) is 8.36. The van der Waals surface area contributed by atoms with E-state index in [2.05, 4.69) is 6.92 Å². The zero-order chi connectivity index (χ0) is 19.7. The van der Waals surface area contributed by atoms with Crippen molar-refractivity contribution in [1.82, 2.24) is 9.80 Å². The lowest BCUT2D eigenvalue weighted by molar-refractivity contribution is -0.136. The number of likely N-dealkylation sites (tertiary alicyclic amines) is 2. The highest BCUT2D eigenvalue weighted by Gasteiger charge is 2.37. The number of benzene rings is 1. The summed E-state index contributed by atoms with van der Waals surface area (Å²) in [5, 5.41) is 0. The molecule has 6 heteroatoms. The highest BCUT2D eigenvalue weighted by Crippen LogP contribution is 2.27. The van der Waals surface area contributed by atoms with E-state index in [1.165, 1.54) is 0 Å². The Morgan fingerprint density at radius 3 is 2.50 bits per heavy atom. The van der Waals surface area contributed by atoms with E-state index in [1.807, 2.05) is 17.0 Å². The number of amides is 3. The van der Waals surface area contributed by atoms with E-state index in [4.69, 9.17) is 0 Å². The van der Waals surface area contributed by atoms with E-state index in [1.54, 1.807) is 21.9 Å². The van der Waals surface area contributed by atoms with Gasteiger partial charge in [-0.05, 0) is 56.2 Å². The van der Waals surface area contributed by atoms with Crippen molar-refractivity contribution >= 4 is 23.4 Å². The average molecular weight is 383 g/mol. The van der Waals surface area contributed by atoms with Gasteiger partial charge in [0, 0.05) is 43.9 Å². The molecule has 0 aliphatic carbocycles. The van der Waals surface area contributed by atoms with E-state index < -0.39 is 0 Å². The molecule has 0 N–H and O–H groups in total. The third-order valence-electron chi connectivity index (χ3n) is 6.37. The van der Waals surface area contributed by atoms with Crippen molar-refractivity contribution in [3.05, 3.63) is 29.8 Å². The molecular formula is C22H29N3O3. The molecule has 0 aromatic heterocycles. The van der Waals surface area contributed by atoms with Crippen molar-refractivity contribution in [3.8, 4) is 0 Å². The number of nitrogens with zero attached hydrogens (tertiary/aromatic N) is 3. The molecule has 3 heterocycles. The molecule has 1 atom stereocenters. The van der Waals surface area contributed by atoms with Crippen molar-refractivity contribution in [2.24, 2.45) is 5.92 Å². The highest BCUT2D eigenvalue weighted by atomic mass is 16.2. The van der Waals surface area contributed by atoms with Crippen LogP contribution in [-0.2, 0) is 9.59 Å². The summed E-state index contributed by atoms with van der Waals surface area (Å²) in [6, 6.07) is 6.94. The topological polar surface area (TPSA) is 60.9 Å². The van der Waals surface area contributed by atoms with Crippen LogP contribution in [-0.4, -0.2) is 59.7 Å². The molecule has 3 amide bonds. The third-order valence-corrected chi connectivity index (χ3v) is 6.37. The largest absolute Gasteiger partial charge is 0.341 e. The molecule has 150 valence electrons. The predicted octanol–water partition coefficient (Wildman–Crippen LogP) is 2.68. The number of hydrogen-bond donors (Lipinski definition) is 0. The van der Waals surface area contributed by atoms with Gasteiger partial charge in [-0.3, -0.25) is 14.4 Å². The highest BCUT2D eigenvalue weighted by molar-refractivity contribution is 6.00. The number of anilines is 1. The fourth-order valence-electron chi connectivity index (χ4n) is 4.60. The van der Waals surface area contributed by atoms with Crippen molar-refractivity contribution in [1.29, 1.82) is 0 Å². The molecule has 1 aromatic rings. The lowest BCUT2D eigenvalue weighted by atomic mass is 9.98. The lowest BCUT2D eigenvalue weighted by Gasteiger charge is -2.34. The minimum atomic E-state index is -0.349. The lowest BCUT2D eigenvalue weighted by Crippen LogP contribution is -2.49. The molecule has 0 radical (unpaired) electrons. The Balaban J connectivity index is 1.49. The Morgan fingerprint density at radius 2 is 1.79 bits per heavy atom. The average Bonchev–Trinajstić information content (AvgIpc) is 3.36. The standard InChI is InChI=1S/C22H29N3O3/c1-16-9-13-23(14-10-16)22(28)19-7-3-12-25(19)21(27)17-5-2-6-18(15-17)24-11-4-8-20(24)26/h2,5-6,15-16,19H,3-4,7-14H2,1H3/t19-/m0/s1. The summed E-state index contributed by atoms with van der Waals surface area (Å²) in [6.07, 6.45) is 5.09. The van der Waals surface area contributed by atoms with Crippen LogP contribution in [0.1, 0.15) is 55.8 Å². The maximum atomic E-state index is 13.2. The number of piperidine rings is 1. The van der Waals surface area contributed by atoms with Crippen LogP contribution in [0.3, 0.4) is 0 Å². The van der Waals surface area contributed by atoms with Gasteiger partial charge in [-0.25, -0.2) is 0 Å². The van der Waals surface area contributed by atoms with Crippen molar-refractivity contribution in [2.45, 2.75) is 51.5 Å². The molecule has 4 rings (SSSR count). The summed E-state index contributed by atoms with van der Waals surface area (Å²) in [5.74, 6) is 0.776. The minimum absolute atomic E-state index is 0.101. The Bertz CT molecular complexity index is 770.